The monoisotopic (exact) mass is 166 g/mol. The Labute approximate surface area is 75.3 Å². The summed E-state index contributed by atoms with van der Waals surface area (Å²) in [5.41, 5.74) is 0. The van der Waals surface area contributed by atoms with Crippen molar-refractivity contribution in [2.45, 2.75) is 32.4 Å². The minimum absolute atomic E-state index is 0.614. The van der Waals surface area contributed by atoms with Gasteiger partial charge in [-0.15, -0.1) is 6.42 Å². The van der Waals surface area contributed by atoms with E-state index in [-0.39, 0.29) is 0 Å². The normalized spacial score (nSPS) is 24.7. The Bertz CT molecular complexity index is 169. The average Bonchev–Trinajstić information content (AvgIpc) is 2.48. The van der Waals surface area contributed by atoms with Crippen molar-refractivity contribution >= 4 is 0 Å². The molecule has 1 fully saturated rings. The van der Waals surface area contributed by atoms with Crippen molar-refractivity contribution in [3.63, 3.8) is 0 Å². The van der Waals surface area contributed by atoms with Gasteiger partial charge in [0.15, 0.2) is 0 Å². The molecule has 12 heavy (non-hydrogen) atoms. The number of likely N-dealkylation sites (tertiary alicyclic amines) is 1. The molecule has 2 nitrogen and oxygen atoms in total. The summed E-state index contributed by atoms with van der Waals surface area (Å²) in [6, 6.07) is 1.28. The lowest BCUT2D eigenvalue weighted by Crippen LogP contribution is -2.35. The van der Waals surface area contributed by atoms with Gasteiger partial charge in [0.05, 0.1) is 6.54 Å². The van der Waals surface area contributed by atoms with Crippen LogP contribution in [0.25, 0.3) is 0 Å². The third-order valence-electron chi connectivity index (χ3n) is 2.44. The van der Waals surface area contributed by atoms with Crippen LogP contribution in [-0.4, -0.2) is 36.6 Å². The van der Waals surface area contributed by atoms with E-state index in [1.807, 2.05) is 0 Å². The lowest BCUT2D eigenvalue weighted by molar-refractivity contribution is 0.269. The highest BCUT2D eigenvalue weighted by Gasteiger charge is 2.22. The van der Waals surface area contributed by atoms with Crippen LogP contribution in [0.15, 0.2) is 0 Å². The molecule has 68 valence electrons. The fourth-order valence-electron chi connectivity index (χ4n) is 1.63. The largest absolute Gasteiger partial charge is 0.302 e. The summed E-state index contributed by atoms with van der Waals surface area (Å²) in [5.74, 6) is 2.61. The van der Waals surface area contributed by atoms with Crippen LogP contribution >= 0.6 is 0 Å². The average molecular weight is 166 g/mol. The van der Waals surface area contributed by atoms with Gasteiger partial charge in [-0.05, 0) is 26.8 Å². The molecule has 0 radical (unpaired) electrons. The molecule has 0 bridgehead atoms. The van der Waals surface area contributed by atoms with Crippen LogP contribution in [-0.2, 0) is 0 Å². The minimum Gasteiger partial charge on any atom is -0.302 e. The van der Waals surface area contributed by atoms with E-state index in [9.17, 15) is 0 Å². The number of hydrogen-bond donors (Lipinski definition) is 1. The molecule has 0 amide bonds. The van der Waals surface area contributed by atoms with Crippen LogP contribution in [0.5, 0.6) is 0 Å². The van der Waals surface area contributed by atoms with Crippen molar-refractivity contribution in [1.82, 2.24) is 10.2 Å². The van der Waals surface area contributed by atoms with Crippen molar-refractivity contribution in [2.75, 3.05) is 19.6 Å². The summed E-state index contributed by atoms with van der Waals surface area (Å²) >= 11 is 0. The Morgan fingerprint density at radius 3 is 2.92 bits per heavy atom. The van der Waals surface area contributed by atoms with E-state index >= 15 is 0 Å². The summed E-state index contributed by atoms with van der Waals surface area (Å²) in [6.07, 6.45) is 6.41. The van der Waals surface area contributed by atoms with Crippen molar-refractivity contribution in [3.8, 4) is 12.3 Å². The second-order valence-electron chi connectivity index (χ2n) is 3.66. The zero-order valence-electron chi connectivity index (χ0n) is 8.01. The Morgan fingerprint density at radius 2 is 2.42 bits per heavy atom. The number of nitrogens with one attached hydrogen (secondary N) is 1. The Morgan fingerprint density at radius 1 is 1.67 bits per heavy atom. The molecule has 0 aromatic heterocycles. The third-order valence-corrected chi connectivity index (χ3v) is 2.44. The van der Waals surface area contributed by atoms with Crippen molar-refractivity contribution in [3.05, 3.63) is 0 Å². The molecule has 1 atom stereocenters. The molecule has 2 heteroatoms. The minimum atomic E-state index is 0.614. The predicted molar refractivity (Wildman–Crippen MR) is 51.9 cm³/mol. The zero-order chi connectivity index (χ0) is 8.97. The van der Waals surface area contributed by atoms with Gasteiger partial charge in [-0.3, -0.25) is 4.90 Å². The molecule has 0 saturated carbocycles. The number of terminal acetylenes is 1. The first-order chi connectivity index (χ1) is 5.74. The smallest absolute Gasteiger partial charge is 0.0576 e. The van der Waals surface area contributed by atoms with Gasteiger partial charge in [0.2, 0.25) is 0 Å². The van der Waals surface area contributed by atoms with Crippen molar-refractivity contribution in [2.24, 2.45) is 0 Å². The number of nitrogens with zero attached hydrogens (tertiary/aromatic N) is 1. The summed E-state index contributed by atoms with van der Waals surface area (Å²) in [6.45, 7) is 7.54. The fourth-order valence-corrected chi connectivity index (χ4v) is 1.63. The van der Waals surface area contributed by atoms with Crippen LogP contribution in [0, 0.1) is 12.3 Å². The van der Waals surface area contributed by atoms with Gasteiger partial charge in [-0.1, -0.05) is 5.92 Å². The summed E-state index contributed by atoms with van der Waals surface area (Å²) in [7, 11) is 0. The molecule has 1 aliphatic heterocycles. The molecule has 0 spiro atoms. The quantitative estimate of drug-likeness (QED) is 0.621. The van der Waals surface area contributed by atoms with E-state index in [0.29, 0.717) is 18.6 Å². The van der Waals surface area contributed by atoms with Gasteiger partial charge in [-0.2, -0.15) is 0 Å². The van der Waals surface area contributed by atoms with Gasteiger partial charge in [0.1, 0.15) is 0 Å². The van der Waals surface area contributed by atoms with Crippen molar-refractivity contribution < 1.29 is 0 Å². The maximum atomic E-state index is 5.17. The number of hydrogen-bond acceptors (Lipinski definition) is 2. The van der Waals surface area contributed by atoms with Crippen LogP contribution in [0.2, 0.25) is 0 Å². The van der Waals surface area contributed by atoms with Crippen LogP contribution in [0.4, 0.5) is 0 Å². The highest BCUT2D eigenvalue weighted by atomic mass is 15.2. The van der Waals surface area contributed by atoms with Gasteiger partial charge < -0.3 is 5.32 Å². The molecule has 0 aliphatic carbocycles. The maximum Gasteiger partial charge on any atom is 0.0576 e. The molecule has 1 saturated heterocycles. The molecule has 1 heterocycles. The first-order valence-corrected chi connectivity index (χ1v) is 4.65. The Kier molecular flexibility index (Phi) is 3.58. The van der Waals surface area contributed by atoms with E-state index in [2.05, 4.69) is 30.0 Å². The highest BCUT2D eigenvalue weighted by molar-refractivity contribution is 4.91. The third kappa shape index (κ3) is 2.51. The second-order valence-corrected chi connectivity index (χ2v) is 3.66. The molecular formula is C10H18N2. The molecule has 0 aromatic carbocycles. The van der Waals surface area contributed by atoms with E-state index < -0.39 is 0 Å². The molecule has 1 N–H and O–H groups in total. The zero-order valence-corrected chi connectivity index (χ0v) is 8.01. The SMILES string of the molecule is C#CCNC1CCN(C(C)C)C1. The van der Waals surface area contributed by atoms with E-state index in [4.69, 9.17) is 6.42 Å². The maximum absolute atomic E-state index is 5.17. The first kappa shape index (κ1) is 9.57. The van der Waals surface area contributed by atoms with Gasteiger partial charge >= 0.3 is 0 Å². The molecule has 1 unspecified atom stereocenters. The number of rotatable bonds is 3. The van der Waals surface area contributed by atoms with Gasteiger partial charge in [-0.25, -0.2) is 0 Å². The lowest BCUT2D eigenvalue weighted by Gasteiger charge is -2.20. The summed E-state index contributed by atoms with van der Waals surface area (Å²) < 4.78 is 0. The summed E-state index contributed by atoms with van der Waals surface area (Å²) in [4.78, 5) is 2.48. The van der Waals surface area contributed by atoms with Crippen molar-refractivity contribution in [1.29, 1.82) is 0 Å². The van der Waals surface area contributed by atoms with E-state index in [1.165, 1.54) is 13.0 Å². The lowest BCUT2D eigenvalue weighted by atomic mass is 10.2. The van der Waals surface area contributed by atoms with E-state index in [1.54, 1.807) is 0 Å². The topological polar surface area (TPSA) is 15.3 Å². The van der Waals surface area contributed by atoms with Gasteiger partial charge in [0, 0.05) is 18.6 Å². The highest BCUT2D eigenvalue weighted by Crippen LogP contribution is 2.11. The predicted octanol–water partition coefficient (Wildman–Crippen LogP) is 0.692. The fraction of sp³-hybridized carbons (Fsp3) is 0.800. The second kappa shape index (κ2) is 4.49. The standard InChI is InChI=1S/C10H18N2/c1-4-6-11-10-5-7-12(8-10)9(2)3/h1,9-11H,5-8H2,2-3H3. The van der Waals surface area contributed by atoms with E-state index in [0.717, 1.165) is 6.54 Å². The Balaban J connectivity index is 2.22. The van der Waals surface area contributed by atoms with Crippen LogP contribution in [0.3, 0.4) is 0 Å². The molecule has 0 aromatic rings. The summed E-state index contributed by atoms with van der Waals surface area (Å²) in [5, 5.41) is 3.34. The van der Waals surface area contributed by atoms with Crippen LogP contribution < -0.4 is 5.32 Å². The molecular weight excluding hydrogens is 148 g/mol. The molecule has 1 rings (SSSR count). The Hall–Kier alpha value is -0.520. The first-order valence-electron chi connectivity index (χ1n) is 4.65. The molecule has 1 aliphatic rings. The van der Waals surface area contributed by atoms with Crippen LogP contribution in [0.1, 0.15) is 20.3 Å². The van der Waals surface area contributed by atoms with Gasteiger partial charge in [0.25, 0.3) is 0 Å².